The quantitative estimate of drug-likeness (QED) is 0.424. The van der Waals surface area contributed by atoms with Crippen molar-refractivity contribution < 1.29 is 27.9 Å². The Morgan fingerprint density at radius 3 is 2.61 bits per heavy atom. The van der Waals surface area contributed by atoms with E-state index >= 15 is 0 Å². The molecule has 0 aliphatic carbocycles. The van der Waals surface area contributed by atoms with E-state index in [0.717, 1.165) is 15.5 Å². The maximum absolute atomic E-state index is 13.5. The summed E-state index contributed by atoms with van der Waals surface area (Å²) in [6.07, 6.45) is -3.39. The number of rotatable bonds is 6. The average molecular weight is 499 g/mol. The number of β-amino-alcohol motifs (C(OH)–C–C–N with tert-alkyl or cyclic N) is 1. The highest BCUT2D eigenvalue weighted by molar-refractivity contribution is 5.97. The monoisotopic (exact) mass is 499 g/mol. The number of halogens is 3. The summed E-state index contributed by atoms with van der Waals surface area (Å²) >= 11 is 0. The number of alkyl halides is 3. The maximum Gasteiger partial charge on any atom is 0.449 e. The summed E-state index contributed by atoms with van der Waals surface area (Å²) in [5, 5.41) is 11.5. The van der Waals surface area contributed by atoms with Crippen molar-refractivity contribution in [3.8, 4) is 0 Å². The van der Waals surface area contributed by atoms with Gasteiger partial charge in [-0.3, -0.25) is 9.59 Å². The molecule has 1 aliphatic rings. The summed E-state index contributed by atoms with van der Waals surface area (Å²) in [4.78, 5) is 29.6. The molecule has 3 N–H and O–H groups in total. The van der Waals surface area contributed by atoms with Gasteiger partial charge in [0, 0.05) is 48.7 Å². The predicted octanol–water partition coefficient (Wildman–Crippen LogP) is 3.33. The van der Waals surface area contributed by atoms with Crippen molar-refractivity contribution in [1.82, 2.24) is 19.0 Å². The summed E-state index contributed by atoms with van der Waals surface area (Å²) in [7, 11) is 0. The minimum absolute atomic E-state index is 0.00858. The first-order valence-electron chi connectivity index (χ1n) is 11.5. The number of aromatic nitrogens is 3. The van der Waals surface area contributed by atoms with Gasteiger partial charge in [-0.1, -0.05) is 12.1 Å². The number of imidazole rings is 1. The molecular weight excluding hydrogens is 475 g/mol. The number of fused-ring (bicyclic) bond motifs is 2. The molecule has 0 saturated carbocycles. The van der Waals surface area contributed by atoms with Gasteiger partial charge >= 0.3 is 6.18 Å². The zero-order chi connectivity index (χ0) is 25.6. The lowest BCUT2D eigenvalue weighted by Gasteiger charge is -2.18. The molecule has 4 aromatic rings. The van der Waals surface area contributed by atoms with E-state index in [2.05, 4.69) is 4.98 Å². The maximum atomic E-state index is 13.5. The molecule has 0 spiro atoms. The molecule has 2 aromatic heterocycles. The van der Waals surface area contributed by atoms with Gasteiger partial charge < -0.3 is 24.9 Å². The number of nitrogens with zero attached hydrogens (tertiary/aromatic N) is 4. The van der Waals surface area contributed by atoms with Crippen molar-refractivity contribution in [2.45, 2.75) is 37.7 Å². The highest BCUT2D eigenvalue weighted by Gasteiger charge is 2.38. The molecule has 1 aliphatic heterocycles. The van der Waals surface area contributed by atoms with E-state index in [1.54, 1.807) is 42.6 Å². The number of hydrogen-bond acceptors (Lipinski definition) is 4. The fourth-order valence-corrected chi connectivity index (χ4v) is 4.92. The molecule has 0 unspecified atom stereocenters. The second-order valence-corrected chi connectivity index (χ2v) is 8.97. The normalized spacial score (nSPS) is 18.4. The molecule has 188 valence electrons. The second-order valence-electron chi connectivity index (χ2n) is 8.97. The van der Waals surface area contributed by atoms with Crippen molar-refractivity contribution >= 4 is 33.8 Å². The summed E-state index contributed by atoms with van der Waals surface area (Å²) in [6, 6.07) is 12.8. The van der Waals surface area contributed by atoms with Crippen LogP contribution in [0.3, 0.4) is 0 Å². The number of carbonyl (C=O) groups is 2. The van der Waals surface area contributed by atoms with Crippen molar-refractivity contribution in [1.29, 1.82) is 0 Å². The minimum atomic E-state index is -4.60. The van der Waals surface area contributed by atoms with Gasteiger partial charge in [-0.05, 0) is 42.8 Å². The van der Waals surface area contributed by atoms with Gasteiger partial charge in [0.2, 0.25) is 17.6 Å². The summed E-state index contributed by atoms with van der Waals surface area (Å²) in [6.45, 7) is 0.388. The number of hydrogen-bond donors (Lipinski definition) is 2. The molecule has 0 bridgehead atoms. The zero-order valence-electron chi connectivity index (χ0n) is 19.2. The van der Waals surface area contributed by atoms with Gasteiger partial charge in [0.05, 0.1) is 23.2 Å². The Morgan fingerprint density at radius 2 is 1.86 bits per heavy atom. The van der Waals surface area contributed by atoms with Crippen LogP contribution in [0.15, 0.2) is 54.7 Å². The fraction of sp³-hybridized carbons (Fsp3) is 0.320. The van der Waals surface area contributed by atoms with Crippen LogP contribution in [0.1, 0.15) is 35.1 Å². The van der Waals surface area contributed by atoms with Crippen molar-refractivity contribution in [2.75, 3.05) is 13.1 Å². The first kappa shape index (κ1) is 23.9. The number of aliphatic hydroxyl groups excluding tert-OH is 1. The molecule has 36 heavy (non-hydrogen) atoms. The van der Waals surface area contributed by atoms with Crippen molar-refractivity contribution in [2.24, 2.45) is 5.73 Å². The van der Waals surface area contributed by atoms with Crippen LogP contribution in [-0.2, 0) is 17.5 Å². The van der Waals surface area contributed by atoms with E-state index in [4.69, 9.17) is 5.73 Å². The van der Waals surface area contributed by atoms with E-state index in [9.17, 15) is 27.9 Å². The fourth-order valence-electron chi connectivity index (χ4n) is 4.92. The van der Waals surface area contributed by atoms with Crippen LogP contribution in [0.4, 0.5) is 13.2 Å². The number of carbonyl (C=O) groups excluding carboxylic acids is 2. The highest BCUT2D eigenvalue weighted by atomic mass is 19.4. The van der Waals surface area contributed by atoms with E-state index < -0.39 is 24.0 Å². The predicted molar refractivity (Wildman–Crippen MR) is 126 cm³/mol. The minimum Gasteiger partial charge on any atom is -0.389 e. The molecule has 2 aromatic carbocycles. The van der Waals surface area contributed by atoms with E-state index in [1.807, 2.05) is 10.6 Å². The Labute approximate surface area is 203 Å². The number of benzene rings is 2. The molecular formula is C25H24F3N5O3. The molecule has 1 saturated heterocycles. The lowest BCUT2D eigenvalue weighted by Crippen LogP contribution is -2.29. The molecule has 2 atom stereocenters. The first-order chi connectivity index (χ1) is 17.1. The Bertz CT molecular complexity index is 1460. The van der Waals surface area contributed by atoms with Gasteiger partial charge in [-0.25, -0.2) is 4.98 Å². The van der Waals surface area contributed by atoms with Crippen LogP contribution in [0, 0.1) is 0 Å². The van der Waals surface area contributed by atoms with Crippen LogP contribution < -0.4 is 5.73 Å². The Kier molecular flexibility index (Phi) is 5.95. The van der Waals surface area contributed by atoms with Crippen LogP contribution in [0.5, 0.6) is 0 Å². The number of aryl methyl sites for hydroxylation is 1. The van der Waals surface area contributed by atoms with Crippen molar-refractivity contribution in [3.05, 3.63) is 66.1 Å². The Hall–Kier alpha value is -3.86. The number of likely N-dealkylation sites (tertiary alicyclic amines) is 1. The molecule has 3 heterocycles. The molecule has 1 fully saturated rings. The molecule has 8 nitrogen and oxygen atoms in total. The third-order valence-corrected chi connectivity index (χ3v) is 6.65. The van der Waals surface area contributed by atoms with Crippen LogP contribution in [0.2, 0.25) is 0 Å². The molecule has 11 heteroatoms. The topological polar surface area (TPSA) is 106 Å². The van der Waals surface area contributed by atoms with Gasteiger partial charge in [0.25, 0.3) is 0 Å². The molecule has 0 radical (unpaired) electrons. The average Bonchev–Trinajstić information content (AvgIpc) is 3.53. The number of amides is 2. The van der Waals surface area contributed by atoms with Crippen LogP contribution in [0.25, 0.3) is 21.9 Å². The van der Waals surface area contributed by atoms with Gasteiger partial charge in [0.15, 0.2) is 0 Å². The lowest BCUT2D eigenvalue weighted by molar-refractivity contribution is -0.147. The standard InChI is InChI=1S/C25H24F3N5O3/c26-25(27,28)24-30-17-4-1-2-5-19(17)33(24)10-3-6-22(35)31-13-20(21(34)14-31)32-11-9-15-12-16(23(29)36)7-8-18(15)32/h1-2,4-5,7-9,11-12,20-21,34H,3,6,10,13-14H2,(H2,29,36)/t20-,21-/m1/s1. The third kappa shape index (κ3) is 4.30. The number of primary amides is 1. The number of aliphatic hydroxyl groups is 1. The third-order valence-electron chi connectivity index (χ3n) is 6.65. The number of para-hydroxylation sites is 2. The van der Waals surface area contributed by atoms with Crippen LogP contribution in [-0.4, -0.2) is 55.1 Å². The van der Waals surface area contributed by atoms with E-state index in [0.29, 0.717) is 11.1 Å². The first-order valence-corrected chi connectivity index (χ1v) is 11.5. The number of nitrogens with two attached hydrogens (primary N) is 1. The Balaban J connectivity index is 1.26. The van der Waals surface area contributed by atoms with E-state index in [1.165, 1.54) is 11.0 Å². The highest BCUT2D eigenvalue weighted by Crippen LogP contribution is 2.32. The second kappa shape index (κ2) is 8.98. The smallest absolute Gasteiger partial charge is 0.389 e. The van der Waals surface area contributed by atoms with Gasteiger partial charge in [-0.2, -0.15) is 13.2 Å². The van der Waals surface area contributed by atoms with E-state index in [-0.39, 0.29) is 49.9 Å². The van der Waals surface area contributed by atoms with Crippen molar-refractivity contribution in [3.63, 3.8) is 0 Å². The molecule has 5 rings (SSSR count). The largest absolute Gasteiger partial charge is 0.449 e. The summed E-state index contributed by atoms with van der Waals surface area (Å²) in [5.74, 6) is -1.75. The van der Waals surface area contributed by atoms with Gasteiger partial charge in [0.1, 0.15) is 0 Å². The summed E-state index contributed by atoms with van der Waals surface area (Å²) < 4.78 is 43.5. The summed E-state index contributed by atoms with van der Waals surface area (Å²) in [5.41, 5.74) is 7.14. The molecule has 2 amide bonds. The lowest BCUT2D eigenvalue weighted by atomic mass is 10.1. The van der Waals surface area contributed by atoms with Crippen LogP contribution >= 0.6 is 0 Å². The van der Waals surface area contributed by atoms with Gasteiger partial charge in [-0.15, -0.1) is 0 Å². The zero-order valence-corrected chi connectivity index (χ0v) is 19.2. The SMILES string of the molecule is NC(=O)c1ccc2c(ccn2[C@@H]2CN(C(=O)CCCn3c(C(F)(F)F)nc4ccccc43)C[C@H]2O)c1. The Morgan fingerprint density at radius 1 is 1.08 bits per heavy atom.